The van der Waals surface area contributed by atoms with Crippen molar-refractivity contribution in [2.45, 2.75) is 38.2 Å². The van der Waals surface area contributed by atoms with Crippen LogP contribution in [0.15, 0.2) is 12.7 Å². The maximum Gasteiger partial charge on any atom is 0.0654 e. The molecule has 62 valence electrons. The average molecular weight is 152 g/mol. The summed E-state index contributed by atoms with van der Waals surface area (Å²) in [6, 6.07) is 0. The van der Waals surface area contributed by atoms with Crippen molar-refractivity contribution in [1.82, 2.24) is 0 Å². The first-order chi connectivity index (χ1) is 5.12. The zero-order valence-electron chi connectivity index (χ0n) is 7.14. The third-order valence-electron chi connectivity index (χ3n) is 1.62. The highest BCUT2D eigenvalue weighted by Gasteiger charge is 2.16. The van der Waals surface area contributed by atoms with Gasteiger partial charge in [0, 0.05) is 6.42 Å². The summed E-state index contributed by atoms with van der Waals surface area (Å²) in [5.41, 5.74) is -0.612. The lowest BCUT2D eigenvalue weighted by Crippen LogP contribution is -2.22. The predicted molar refractivity (Wildman–Crippen MR) is 48.1 cm³/mol. The van der Waals surface area contributed by atoms with E-state index in [1.165, 1.54) is 0 Å². The minimum atomic E-state index is -0.612. The standard InChI is InChI=1S/C10H16O/c1-4-6-7-9-10(3,11)8-5-2/h1,5,11H,2,6-9H2,3H3. The van der Waals surface area contributed by atoms with E-state index in [9.17, 15) is 5.11 Å². The summed E-state index contributed by atoms with van der Waals surface area (Å²) in [5.74, 6) is 2.55. The van der Waals surface area contributed by atoms with Crippen LogP contribution in [0.2, 0.25) is 0 Å². The van der Waals surface area contributed by atoms with Crippen molar-refractivity contribution in [2.75, 3.05) is 0 Å². The number of rotatable bonds is 5. The number of aliphatic hydroxyl groups is 1. The molecule has 1 atom stereocenters. The third-order valence-corrected chi connectivity index (χ3v) is 1.62. The summed E-state index contributed by atoms with van der Waals surface area (Å²) in [4.78, 5) is 0. The molecule has 1 N–H and O–H groups in total. The Bertz CT molecular complexity index is 151. The molecule has 0 aliphatic rings. The van der Waals surface area contributed by atoms with E-state index in [4.69, 9.17) is 6.42 Å². The molecule has 1 heteroatoms. The lowest BCUT2D eigenvalue weighted by Gasteiger charge is -2.20. The van der Waals surface area contributed by atoms with Crippen LogP contribution in [0.4, 0.5) is 0 Å². The smallest absolute Gasteiger partial charge is 0.0654 e. The lowest BCUT2D eigenvalue weighted by molar-refractivity contribution is 0.0524. The van der Waals surface area contributed by atoms with Gasteiger partial charge >= 0.3 is 0 Å². The molecule has 1 nitrogen and oxygen atoms in total. The van der Waals surface area contributed by atoms with Crippen molar-refractivity contribution in [2.24, 2.45) is 0 Å². The fraction of sp³-hybridized carbons (Fsp3) is 0.600. The Morgan fingerprint density at radius 2 is 2.36 bits per heavy atom. The maximum absolute atomic E-state index is 9.60. The molecule has 0 saturated heterocycles. The van der Waals surface area contributed by atoms with Crippen molar-refractivity contribution in [3.8, 4) is 12.3 Å². The summed E-state index contributed by atoms with van der Waals surface area (Å²) in [6.45, 7) is 5.38. The number of hydrogen-bond donors (Lipinski definition) is 1. The van der Waals surface area contributed by atoms with E-state index in [1.54, 1.807) is 6.08 Å². The van der Waals surface area contributed by atoms with Gasteiger partial charge in [-0.2, -0.15) is 0 Å². The average Bonchev–Trinajstić information content (AvgIpc) is 1.87. The molecule has 1 unspecified atom stereocenters. The summed E-state index contributed by atoms with van der Waals surface area (Å²) < 4.78 is 0. The molecule has 0 aliphatic heterocycles. The molecular weight excluding hydrogens is 136 g/mol. The van der Waals surface area contributed by atoms with Gasteiger partial charge in [0.2, 0.25) is 0 Å². The van der Waals surface area contributed by atoms with E-state index in [-0.39, 0.29) is 0 Å². The molecule has 0 spiro atoms. The predicted octanol–water partition coefficient (Wildman–Crippen LogP) is 2.12. The van der Waals surface area contributed by atoms with Crippen LogP contribution in [-0.2, 0) is 0 Å². The minimum absolute atomic E-state index is 0.612. The number of unbranched alkanes of at least 4 members (excludes halogenated alkanes) is 1. The van der Waals surface area contributed by atoms with Crippen molar-refractivity contribution in [3.05, 3.63) is 12.7 Å². The maximum atomic E-state index is 9.60. The normalized spacial score (nSPS) is 15.0. The van der Waals surface area contributed by atoms with E-state index in [2.05, 4.69) is 12.5 Å². The van der Waals surface area contributed by atoms with E-state index in [0.717, 1.165) is 19.3 Å². The summed E-state index contributed by atoms with van der Waals surface area (Å²) >= 11 is 0. The highest BCUT2D eigenvalue weighted by atomic mass is 16.3. The Morgan fingerprint density at radius 3 is 2.82 bits per heavy atom. The molecule has 0 saturated carbocycles. The second-order valence-electron chi connectivity index (χ2n) is 3.05. The third kappa shape index (κ3) is 5.69. The van der Waals surface area contributed by atoms with Crippen LogP contribution in [0.25, 0.3) is 0 Å². The summed E-state index contributed by atoms with van der Waals surface area (Å²) in [5, 5.41) is 9.60. The van der Waals surface area contributed by atoms with Crippen molar-refractivity contribution >= 4 is 0 Å². The van der Waals surface area contributed by atoms with Crippen LogP contribution in [-0.4, -0.2) is 10.7 Å². The first-order valence-corrected chi connectivity index (χ1v) is 3.89. The van der Waals surface area contributed by atoms with Crippen molar-refractivity contribution in [3.63, 3.8) is 0 Å². The Labute approximate surface area is 69.1 Å². The molecule has 0 rings (SSSR count). The van der Waals surface area contributed by atoms with Crippen molar-refractivity contribution < 1.29 is 5.11 Å². The molecule has 0 aliphatic carbocycles. The van der Waals surface area contributed by atoms with Gasteiger partial charge in [0.1, 0.15) is 0 Å². The lowest BCUT2D eigenvalue weighted by atomic mass is 9.95. The zero-order chi connectivity index (χ0) is 8.74. The van der Waals surface area contributed by atoms with Gasteiger partial charge in [0.15, 0.2) is 0 Å². The fourth-order valence-corrected chi connectivity index (χ4v) is 0.984. The SMILES string of the molecule is C#CCCCC(C)(O)CC=C. The second-order valence-corrected chi connectivity index (χ2v) is 3.05. The van der Waals surface area contributed by atoms with Gasteiger partial charge in [-0.15, -0.1) is 18.9 Å². The van der Waals surface area contributed by atoms with Crippen molar-refractivity contribution in [1.29, 1.82) is 0 Å². The molecule has 0 amide bonds. The Balaban J connectivity index is 3.55. The molecule has 0 bridgehead atoms. The van der Waals surface area contributed by atoms with Crippen LogP contribution < -0.4 is 0 Å². The van der Waals surface area contributed by atoms with Gasteiger partial charge in [-0.3, -0.25) is 0 Å². The zero-order valence-corrected chi connectivity index (χ0v) is 7.14. The number of terminal acetylenes is 1. The van der Waals surface area contributed by atoms with E-state index >= 15 is 0 Å². The molecule has 0 heterocycles. The molecule has 0 aromatic heterocycles. The monoisotopic (exact) mass is 152 g/mol. The summed E-state index contributed by atoms with van der Waals surface area (Å²) in [6.07, 6.45) is 9.83. The molecule has 0 fully saturated rings. The van der Waals surface area contributed by atoms with Crippen LogP contribution in [0.3, 0.4) is 0 Å². The Hall–Kier alpha value is -0.740. The van der Waals surface area contributed by atoms with Crippen LogP contribution in [0, 0.1) is 12.3 Å². The molecule has 0 radical (unpaired) electrons. The topological polar surface area (TPSA) is 20.2 Å². The Kier molecular flexibility index (Phi) is 4.65. The molecular formula is C10H16O. The molecule has 11 heavy (non-hydrogen) atoms. The van der Waals surface area contributed by atoms with Crippen LogP contribution >= 0.6 is 0 Å². The van der Waals surface area contributed by atoms with Gasteiger partial charge in [0.25, 0.3) is 0 Å². The van der Waals surface area contributed by atoms with Gasteiger partial charge < -0.3 is 5.11 Å². The van der Waals surface area contributed by atoms with E-state index < -0.39 is 5.60 Å². The Morgan fingerprint density at radius 1 is 1.73 bits per heavy atom. The van der Waals surface area contributed by atoms with E-state index in [0.29, 0.717) is 6.42 Å². The van der Waals surface area contributed by atoms with Gasteiger partial charge in [-0.1, -0.05) is 6.08 Å². The van der Waals surface area contributed by atoms with Crippen LogP contribution in [0.5, 0.6) is 0 Å². The largest absolute Gasteiger partial charge is 0.390 e. The van der Waals surface area contributed by atoms with Crippen LogP contribution in [0.1, 0.15) is 32.6 Å². The quantitative estimate of drug-likeness (QED) is 0.363. The van der Waals surface area contributed by atoms with Gasteiger partial charge in [0.05, 0.1) is 5.60 Å². The molecule has 0 aromatic rings. The van der Waals surface area contributed by atoms with Gasteiger partial charge in [-0.25, -0.2) is 0 Å². The fourth-order valence-electron chi connectivity index (χ4n) is 0.984. The highest BCUT2D eigenvalue weighted by Crippen LogP contribution is 2.17. The molecule has 0 aromatic carbocycles. The first kappa shape index (κ1) is 10.3. The number of hydrogen-bond acceptors (Lipinski definition) is 1. The second kappa shape index (κ2) is 4.98. The highest BCUT2D eigenvalue weighted by molar-refractivity contribution is 4.87. The van der Waals surface area contributed by atoms with E-state index in [1.807, 2.05) is 6.92 Å². The van der Waals surface area contributed by atoms with Gasteiger partial charge in [-0.05, 0) is 26.2 Å². The summed E-state index contributed by atoms with van der Waals surface area (Å²) in [7, 11) is 0. The first-order valence-electron chi connectivity index (χ1n) is 3.89. The minimum Gasteiger partial charge on any atom is -0.390 e.